The van der Waals surface area contributed by atoms with Crippen LogP contribution < -0.4 is 5.48 Å². The van der Waals surface area contributed by atoms with Crippen LogP contribution in [0.3, 0.4) is 0 Å². The van der Waals surface area contributed by atoms with E-state index in [9.17, 15) is 9.59 Å². The standard InChI is InChI=1S/C12H15NO4/c1-2-3-9-16-13-12(15)17-11(14)10-7-5-4-6-8-10/h4-8H,2-3,9H2,1H3,(H,13,15). The van der Waals surface area contributed by atoms with Crippen LogP contribution in [0.2, 0.25) is 0 Å². The smallest absolute Gasteiger partial charge is 0.371 e. The third kappa shape index (κ3) is 5.12. The van der Waals surface area contributed by atoms with Gasteiger partial charge in [-0.1, -0.05) is 31.5 Å². The van der Waals surface area contributed by atoms with Gasteiger partial charge in [-0.3, -0.25) is 4.84 Å². The third-order valence-corrected chi connectivity index (χ3v) is 1.95. The number of unbranched alkanes of at least 4 members (excludes halogenated alkanes) is 1. The number of carbonyl (C=O) groups is 2. The molecular weight excluding hydrogens is 222 g/mol. The molecule has 0 spiro atoms. The largest absolute Gasteiger partial charge is 0.439 e. The minimum Gasteiger partial charge on any atom is -0.371 e. The summed E-state index contributed by atoms with van der Waals surface area (Å²) in [6, 6.07) is 8.27. The topological polar surface area (TPSA) is 64.6 Å². The molecule has 0 aliphatic carbocycles. The molecule has 0 aliphatic rings. The van der Waals surface area contributed by atoms with Crippen LogP contribution in [0.4, 0.5) is 4.79 Å². The Hall–Kier alpha value is -1.88. The van der Waals surface area contributed by atoms with Gasteiger partial charge in [0.2, 0.25) is 0 Å². The average Bonchev–Trinajstić information content (AvgIpc) is 2.36. The normalized spacial score (nSPS) is 9.71. The lowest BCUT2D eigenvalue weighted by Crippen LogP contribution is -2.27. The Kier molecular flexibility index (Phi) is 5.74. The first-order chi connectivity index (χ1) is 8.24. The SMILES string of the molecule is CCCCONC(=O)OC(=O)c1ccccc1. The Bertz CT molecular complexity index is 364. The van der Waals surface area contributed by atoms with Gasteiger partial charge >= 0.3 is 12.1 Å². The zero-order valence-corrected chi connectivity index (χ0v) is 9.64. The fourth-order valence-corrected chi connectivity index (χ4v) is 1.06. The van der Waals surface area contributed by atoms with Crippen molar-refractivity contribution in [3.8, 4) is 0 Å². The Labute approximate surface area is 99.7 Å². The van der Waals surface area contributed by atoms with Crippen molar-refractivity contribution in [1.29, 1.82) is 0 Å². The third-order valence-electron chi connectivity index (χ3n) is 1.95. The fourth-order valence-electron chi connectivity index (χ4n) is 1.06. The summed E-state index contributed by atoms with van der Waals surface area (Å²) in [5.41, 5.74) is 2.35. The molecule has 0 aliphatic heterocycles. The van der Waals surface area contributed by atoms with E-state index in [1.165, 1.54) is 0 Å². The van der Waals surface area contributed by atoms with E-state index in [0.717, 1.165) is 12.8 Å². The fraction of sp³-hybridized carbons (Fsp3) is 0.333. The van der Waals surface area contributed by atoms with E-state index in [0.29, 0.717) is 12.2 Å². The van der Waals surface area contributed by atoms with Crippen LogP contribution in [0.25, 0.3) is 0 Å². The maximum Gasteiger partial charge on any atom is 0.439 e. The summed E-state index contributed by atoms with van der Waals surface area (Å²) in [7, 11) is 0. The number of benzene rings is 1. The lowest BCUT2D eigenvalue weighted by atomic mass is 10.2. The average molecular weight is 237 g/mol. The molecule has 1 amide bonds. The van der Waals surface area contributed by atoms with Crippen molar-refractivity contribution >= 4 is 12.1 Å². The van der Waals surface area contributed by atoms with Crippen LogP contribution in [0.5, 0.6) is 0 Å². The van der Waals surface area contributed by atoms with Gasteiger partial charge in [-0.25, -0.2) is 9.59 Å². The zero-order valence-electron chi connectivity index (χ0n) is 9.64. The second kappa shape index (κ2) is 7.40. The highest BCUT2D eigenvalue weighted by molar-refractivity contribution is 5.96. The van der Waals surface area contributed by atoms with Crippen LogP contribution in [-0.2, 0) is 9.57 Å². The minimum atomic E-state index is -0.907. The minimum absolute atomic E-state index is 0.316. The molecule has 5 nitrogen and oxygen atoms in total. The van der Waals surface area contributed by atoms with Gasteiger partial charge in [-0.2, -0.15) is 5.48 Å². The molecular formula is C12H15NO4. The number of hydrogen-bond acceptors (Lipinski definition) is 4. The van der Waals surface area contributed by atoms with Crippen molar-refractivity contribution < 1.29 is 19.2 Å². The molecule has 1 rings (SSSR count). The molecule has 0 atom stereocenters. The summed E-state index contributed by atoms with van der Waals surface area (Å²) in [6.07, 6.45) is 0.877. The predicted octanol–water partition coefficient (Wildman–Crippen LogP) is 2.28. The second-order valence-electron chi connectivity index (χ2n) is 3.35. The number of hydrogen-bond donors (Lipinski definition) is 1. The van der Waals surface area contributed by atoms with Crippen molar-refractivity contribution in [2.45, 2.75) is 19.8 Å². The molecule has 1 aromatic rings. The maximum atomic E-state index is 11.4. The number of esters is 1. The van der Waals surface area contributed by atoms with Crippen molar-refractivity contribution in [2.24, 2.45) is 0 Å². The maximum absolute atomic E-state index is 11.4. The predicted molar refractivity (Wildman–Crippen MR) is 61.2 cm³/mol. The molecule has 0 saturated heterocycles. The van der Waals surface area contributed by atoms with E-state index < -0.39 is 12.1 Å². The highest BCUT2D eigenvalue weighted by Gasteiger charge is 2.11. The Morgan fingerprint density at radius 2 is 1.94 bits per heavy atom. The molecule has 0 aromatic heterocycles. The van der Waals surface area contributed by atoms with Gasteiger partial charge in [0, 0.05) is 0 Å². The number of ether oxygens (including phenoxy) is 1. The molecule has 0 bridgehead atoms. The van der Waals surface area contributed by atoms with Crippen LogP contribution >= 0.6 is 0 Å². The van der Waals surface area contributed by atoms with E-state index in [4.69, 9.17) is 4.84 Å². The Balaban J connectivity index is 2.29. The second-order valence-corrected chi connectivity index (χ2v) is 3.35. The monoisotopic (exact) mass is 237 g/mol. The number of carbonyl (C=O) groups excluding carboxylic acids is 2. The summed E-state index contributed by atoms with van der Waals surface area (Å²) in [5.74, 6) is -0.706. The molecule has 17 heavy (non-hydrogen) atoms. The molecule has 0 fully saturated rings. The molecule has 0 radical (unpaired) electrons. The van der Waals surface area contributed by atoms with Crippen LogP contribution in [0, 0.1) is 0 Å². The van der Waals surface area contributed by atoms with Gasteiger partial charge in [0.05, 0.1) is 12.2 Å². The number of rotatable bonds is 5. The number of hydroxylamine groups is 1. The van der Waals surface area contributed by atoms with Gasteiger partial charge in [0.25, 0.3) is 0 Å². The van der Waals surface area contributed by atoms with Crippen LogP contribution in [0.1, 0.15) is 30.1 Å². The van der Waals surface area contributed by atoms with E-state index >= 15 is 0 Å². The van der Waals surface area contributed by atoms with Crippen molar-refractivity contribution in [1.82, 2.24) is 5.48 Å². The van der Waals surface area contributed by atoms with Crippen LogP contribution in [0.15, 0.2) is 30.3 Å². The van der Waals surface area contributed by atoms with Gasteiger partial charge in [-0.05, 0) is 18.6 Å². The van der Waals surface area contributed by atoms with Gasteiger partial charge in [0.15, 0.2) is 0 Å². The highest BCUT2D eigenvalue weighted by atomic mass is 16.7. The van der Waals surface area contributed by atoms with Crippen molar-refractivity contribution in [2.75, 3.05) is 6.61 Å². The van der Waals surface area contributed by atoms with Crippen LogP contribution in [-0.4, -0.2) is 18.7 Å². The number of nitrogens with one attached hydrogen (secondary N) is 1. The van der Waals surface area contributed by atoms with Crippen molar-refractivity contribution in [3.05, 3.63) is 35.9 Å². The Morgan fingerprint density at radius 1 is 1.24 bits per heavy atom. The lowest BCUT2D eigenvalue weighted by molar-refractivity contribution is 0.0243. The van der Waals surface area contributed by atoms with Gasteiger partial charge in [0.1, 0.15) is 0 Å². The lowest BCUT2D eigenvalue weighted by Gasteiger charge is -2.05. The molecule has 0 saturated carbocycles. The summed E-state index contributed by atoms with van der Waals surface area (Å²) in [6.45, 7) is 2.39. The summed E-state index contributed by atoms with van der Waals surface area (Å²) in [5, 5.41) is 0. The van der Waals surface area contributed by atoms with Gasteiger partial charge < -0.3 is 4.74 Å². The van der Waals surface area contributed by atoms with Crippen molar-refractivity contribution in [3.63, 3.8) is 0 Å². The van der Waals surface area contributed by atoms with E-state index in [-0.39, 0.29) is 0 Å². The van der Waals surface area contributed by atoms with E-state index in [2.05, 4.69) is 4.74 Å². The Morgan fingerprint density at radius 3 is 2.59 bits per heavy atom. The van der Waals surface area contributed by atoms with E-state index in [1.54, 1.807) is 30.3 Å². The molecule has 1 aromatic carbocycles. The molecule has 0 unspecified atom stereocenters. The molecule has 0 heterocycles. The molecule has 5 heteroatoms. The molecule has 92 valence electrons. The highest BCUT2D eigenvalue weighted by Crippen LogP contribution is 2.00. The first-order valence-electron chi connectivity index (χ1n) is 5.43. The van der Waals surface area contributed by atoms with Gasteiger partial charge in [-0.15, -0.1) is 0 Å². The summed E-state index contributed by atoms with van der Waals surface area (Å²) >= 11 is 0. The zero-order chi connectivity index (χ0) is 12.5. The first-order valence-corrected chi connectivity index (χ1v) is 5.43. The summed E-state index contributed by atoms with van der Waals surface area (Å²) in [4.78, 5) is 27.3. The van der Waals surface area contributed by atoms with E-state index in [1.807, 2.05) is 12.4 Å². The first kappa shape index (κ1) is 13.2. The summed E-state index contributed by atoms with van der Waals surface area (Å²) < 4.78 is 4.50. The number of amides is 1. The quantitative estimate of drug-likeness (QED) is 0.369. The molecule has 1 N–H and O–H groups in total.